The van der Waals surface area contributed by atoms with Gasteiger partial charge in [-0.25, -0.2) is 9.79 Å². The molecule has 0 aliphatic carbocycles. The Labute approximate surface area is 183 Å². The van der Waals surface area contributed by atoms with Crippen LogP contribution in [0, 0.1) is 0 Å². The number of nitrogens with two attached hydrogens (primary N) is 2. The minimum absolute atomic E-state index is 0.0875. The lowest BCUT2D eigenvalue weighted by molar-refractivity contribution is -0.214. The van der Waals surface area contributed by atoms with E-state index in [-0.39, 0.29) is 25.0 Å². The largest absolute Gasteiger partial charge is 0.441 e. The molecule has 3 amide bonds. The van der Waals surface area contributed by atoms with Crippen molar-refractivity contribution >= 4 is 23.9 Å². The minimum atomic E-state index is -1.52. The number of fused-ring (bicyclic) bond motifs is 1. The van der Waals surface area contributed by atoms with Crippen molar-refractivity contribution in [3.8, 4) is 0 Å². The Bertz CT molecular complexity index is 782. The molecular weight excluding hydrogens is 430 g/mol. The van der Waals surface area contributed by atoms with Gasteiger partial charge in [0.1, 0.15) is 18.2 Å². The molecule has 0 aromatic carbocycles. The van der Waals surface area contributed by atoms with Gasteiger partial charge in [0.05, 0.1) is 25.3 Å². The summed E-state index contributed by atoms with van der Waals surface area (Å²) >= 11 is 0. The van der Waals surface area contributed by atoms with Crippen LogP contribution in [0.25, 0.3) is 0 Å². The van der Waals surface area contributed by atoms with E-state index in [4.69, 9.17) is 20.9 Å². The van der Waals surface area contributed by atoms with Crippen LogP contribution < -0.4 is 22.1 Å². The first kappa shape index (κ1) is 23.9. The number of hydrogen-bond donors (Lipinski definition) is 7. The highest BCUT2D eigenvalue weighted by molar-refractivity contribution is 5.92. The molecule has 32 heavy (non-hydrogen) atoms. The van der Waals surface area contributed by atoms with Crippen molar-refractivity contribution in [2.45, 2.75) is 48.8 Å². The maximum absolute atomic E-state index is 12.4. The minimum Gasteiger partial charge on any atom is -0.441 e. The zero-order valence-electron chi connectivity index (χ0n) is 17.6. The van der Waals surface area contributed by atoms with Crippen molar-refractivity contribution in [1.29, 1.82) is 0 Å². The number of hydrogen-bond acceptors (Lipinski definition) is 12. The number of carbonyl (C=O) groups is 3. The highest BCUT2D eigenvalue weighted by atomic mass is 16.6. The first-order valence-corrected chi connectivity index (χ1v) is 9.99. The summed E-state index contributed by atoms with van der Waals surface area (Å²) < 4.78 is 10.7. The zero-order chi connectivity index (χ0) is 23.7. The first-order valence-electron chi connectivity index (χ1n) is 9.99. The number of aliphatic hydroxyl groups is 3. The number of primary amides is 1. The summed E-state index contributed by atoms with van der Waals surface area (Å²) in [5.74, 6) is -0.749. The molecule has 0 spiro atoms. The number of aliphatic imine (C=N–C) groups is 1. The number of guanidine groups is 1. The van der Waals surface area contributed by atoms with E-state index in [1.165, 1.54) is 11.9 Å². The predicted octanol–water partition coefficient (Wildman–Crippen LogP) is -5.57. The maximum Gasteiger partial charge on any atom is 0.404 e. The molecule has 180 valence electrons. The van der Waals surface area contributed by atoms with Gasteiger partial charge in [-0.2, -0.15) is 0 Å². The van der Waals surface area contributed by atoms with Crippen LogP contribution in [-0.2, 0) is 19.1 Å². The molecule has 0 aromatic rings. The van der Waals surface area contributed by atoms with Gasteiger partial charge in [0.2, 0.25) is 11.8 Å². The standard InChI is InChI=1S/C17H29N7O8/c1-23-4-6(26)9-10(15(23)29)21-17(20-9)22-14-11(24(2)8(27)3-18)12(28)13(32-16(19)30)7(5-25)31-14/h6-7,9-14,25-26,28H,3-5,18H2,1-2H3,(H2,19,30)(H2,20,21,22)/t6-,7-,9-,10+,11-,12-,13-,14-/m1/s1. The number of ether oxygens (including phenoxy) is 2. The van der Waals surface area contributed by atoms with Crippen LogP contribution in [0.1, 0.15) is 0 Å². The molecule has 2 saturated heterocycles. The number of aliphatic hydroxyl groups excluding tert-OH is 3. The highest BCUT2D eigenvalue weighted by Crippen LogP contribution is 2.27. The van der Waals surface area contributed by atoms with Crippen LogP contribution in [0.5, 0.6) is 0 Å². The normalized spacial score (nSPS) is 36.6. The third kappa shape index (κ3) is 4.42. The summed E-state index contributed by atoms with van der Waals surface area (Å²) in [5.41, 5.74) is 10.5. The van der Waals surface area contributed by atoms with Gasteiger partial charge in [-0.3, -0.25) is 9.59 Å². The molecule has 9 N–H and O–H groups in total. The molecule has 15 heteroatoms. The summed E-state index contributed by atoms with van der Waals surface area (Å²) in [6.07, 6.45) is -7.31. The van der Waals surface area contributed by atoms with Crippen LogP contribution in [0.4, 0.5) is 4.79 Å². The molecule has 0 unspecified atom stereocenters. The Morgan fingerprint density at radius 3 is 2.72 bits per heavy atom. The lowest BCUT2D eigenvalue weighted by atomic mass is 9.94. The zero-order valence-corrected chi connectivity index (χ0v) is 17.6. The fourth-order valence-corrected chi connectivity index (χ4v) is 4.16. The lowest BCUT2D eigenvalue weighted by Crippen LogP contribution is -2.70. The second-order valence-electron chi connectivity index (χ2n) is 7.89. The molecule has 0 radical (unpaired) electrons. The Kier molecular flexibility index (Phi) is 7.04. The summed E-state index contributed by atoms with van der Waals surface area (Å²) in [6.45, 7) is -0.876. The Hall–Kier alpha value is -2.72. The SMILES string of the molecule is CN1C[C@@H](O)[C@H]2NC(N[C@@H]3O[C@H](CO)[C@@H](OC(N)=O)[C@H](O)[C@H]3N(C)C(=O)CN)=N[C@@H]2C1=O. The van der Waals surface area contributed by atoms with E-state index >= 15 is 0 Å². The first-order chi connectivity index (χ1) is 15.1. The van der Waals surface area contributed by atoms with Crippen LogP contribution in [-0.4, -0.2) is 132 Å². The van der Waals surface area contributed by atoms with Crippen LogP contribution in [0.2, 0.25) is 0 Å². The van der Waals surface area contributed by atoms with Gasteiger partial charge in [0.15, 0.2) is 24.3 Å². The third-order valence-electron chi connectivity index (χ3n) is 5.83. The number of nitrogens with zero attached hydrogens (tertiary/aromatic N) is 3. The number of carbonyl (C=O) groups excluding carboxylic acids is 3. The Balaban J connectivity index is 1.86. The summed E-state index contributed by atoms with van der Waals surface area (Å²) in [6, 6.07) is -2.69. The van der Waals surface area contributed by atoms with Gasteiger partial charge in [0, 0.05) is 20.6 Å². The van der Waals surface area contributed by atoms with Gasteiger partial charge in [-0.15, -0.1) is 0 Å². The lowest BCUT2D eigenvalue weighted by Gasteiger charge is -2.47. The van der Waals surface area contributed by atoms with Crippen molar-refractivity contribution < 1.29 is 39.2 Å². The van der Waals surface area contributed by atoms with Crippen molar-refractivity contribution in [1.82, 2.24) is 20.4 Å². The quantitative estimate of drug-likeness (QED) is 0.205. The third-order valence-corrected chi connectivity index (χ3v) is 5.83. The van der Waals surface area contributed by atoms with Gasteiger partial charge < -0.3 is 56.7 Å². The maximum atomic E-state index is 12.4. The average Bonchev–Trinajstić information content (AvgIpc) is 3.17. The summed E-state index contributed by atoms with van der Waals surface area (Å²) in [7, 11) is 2.92. The Morgan fingerprint density at radius 1 is 1.44 bits per heavy atom. The number of nitrogens with one attached hydrogen (secondary N) is 2. The van der Waals surface area contributed by atoms with Crippen molar-refractivity contribution in [2.24, 2.45) is 16.5 Å². The molecule has 3 aliphatic rings. The van der Waals surface area contributed by atoms with E-state index in [1.807, 2.05) is 0 Å². The number of rotatable bonds is 5. The molecule has 3 rings (SSSR count). The molecular formula is C17H29N7O8. The molecule has 15 nitrogen and oxygen atoms in total. The monoisotopic (exact) mass is 459 g/mol. The van der Waals surface area contributed by atoms with Crippen molar-refractivity contribution in [3.63, 3.8) is 0 Å². The van der Waals surface area contributed by atoms with Crippen LogP contribution in [0.15, 0.2) is 4.99 Å². The Morgan fingerprint density at radius 2 is 2.12 bits per heavy atom. The molecule has 0 aromatic heterocycles. The molecule has 2 fully saturated rings. The highest BCUT2D eigenvalue weighted by Gasteiger charge is 2.51. The molecule has 8 atom stereocenters. The summed E-state index contributed by atoms with van der Waals surface area (Å²) in [4.78, 5) is 42.7. The predicted molar refractivity (Wildman–Crippen MR) is 107 cm³/mol. The van der Waals surface area contributed by atoms with E-state index in [2.05, 4.69) is 15.6 Å². The van der Waals surface area contributed by atoms with Crippen molar-refractivity contribution in [2.75, 3.05) is 33.8 Å². The second-order valence-corrected chi connectivity index (χ2v) is 7.89. The van der Waals surface area contributed by atoms with E-state index in [1.54, 1.807) is 7.05 Å². The molecule has 3 aliphatic heterocycles. The van der Waals surface area contributed by atoms with Crippen LogP contribution in [0.3, 0.4) is 0 Å². The number of β-amino-alcohol motifs (C(OH)–C–C–N with tert-alkyl or cyclic N) is 1. The fourth-order valence-electron chi connectivity index (χ4n) is 4.16. The van der Waals surface area contributed by atoms with Gasteiger partial charge >= 0.3 is 6.09 Å². The summed E-state index contributed by atoms with van der Waals surface area (Å²) in [5, 5.41) is 36.7. The smallest absolute Gasteiger partial charge is 0.404 e. The molecule has 3 heterocycles. The number of likely N-dealkylation sites (tertiary alicyclic amines) is 1. The van der Waals surface area contributed by atoms with E-state index in [9.17, 15) is 29.7 Å². The van der Waals surface area contributed by atoms with Gasteiger partial charge in [-0.1, -0.05) is 0 Å². The number of likely N-dealkylation sites (N-methyl/N-ethyl adjacent to an activating group) is 2. The molecule has 0 saturated carbocycles. The van der Waals surface area contributed by atoms with E-state index < -0.39 is 67.4 Å². The van der Waals surface area contributed by atoms with Crippen molar-refractivity contribution in [3.05, 3.63) is 0 Å². The van der Waals surface area contributed by atoms with E-state index in [0.717, 1.165) is 4.90 Å². The molecule has 0 bridgehead atoms. The van der Waals surface area contributed by atoms with E-state index in [0.29, 0.717) is 0 Å². The second kappa shape index (κ2) is 9.41. The number of amides is 3. The van der Waals surface area contributed by atoms with Gasteiger partial charge in [0.25, 0.3) is 0 Å². The van der Waals surface area contributed by atoms with Gasteiger partial charge in [-0.05, 0) is 0 Å². The van der Waals surface area contributed by atoms with Crippen LogP contribution >= 0.6 is 0 Å². The topological polar surface area (TPSA) is 225 Å². The average molecular weight is 459 g/mol. The fraction of sp³-hybridized carbons (Fsp3) is 0.765. The number of piperidine rings is 1.